The number of nitrogens with zero attached hydrogens (tertiary/aromatic N) is 3. The van der Waals surface area contributed by atoms with Gasteiger partial charge in [0.25, 0.3) is 5.91 Å². The number of carbonyl (C=O) groups excluding carboxylic acids is 2. The van der Waals surface area contributed by atoms with E-state index in [-0.39, 0.29) is 24.2 Å². The van der Waals surface area contributed by atoms with Gasteiger partial charge in [0.1, 0.15) is 5.70 Å². The highest BCUT2D eigenvalue weighted by atomic mass is 16.4. The van der Waals surface area contributed by atoms with Crippen molar-refractivity contribution in [2.24, 2.45) is 21.9 Å². The second kappa shape index (κ2) is 7.23. The number of rotatable bonds is 2. The molecule has 2 atom stereocenters. The molecule has 0 aliphatic carbocycles. The van der Waals surface area contributed by atoms with Crippen molar-refractivity contribution in [3.05, 3.63) is 11.8 Å². The molecule has 0 radical (unpaired) electrons. The van der Waals surface area contributed by atoms with Crippen molar-refractivity contribution in [3.63, 3.8) is 0 Å². The molecule has 0 aromatic heterocycles. The molecule has 1 fully saturated rings. The molecule has 120 valence electrons. The number of hydrogen-bond acceptors (Lipinski definition) is 5. The first-order chi connectivity index (χ1) is 10.5. The summed E-state index contributed by atoms with van der Waals surface area (Å²) in [5, 5.41) is 19.0. The van der Waals surface area contributed by atoms with Crippen molar-refractivity contribution in [2.75, 3.05) is 19.6 Å². The fourth-order valence-corrected chi connectivity index (χ4v) is 2.45. The summed E-state index contributed by atoms with van der Waals surface area (Å²) in [5.41, 5.74) is 5.56. The zero-order valence-corrected chi connectivity index (χ0v) is 12.1. The van der Waals surface area contributed by atoms with Crippen LogP contribution < -0.4 is 11.1 Å². The molecule has 2 aliphatic rings. The van der Waals surface area contributed by atoms with E-state index in [0.717, 1.165) is 17.9 Å². The van der Waals surface area contributed by atoms with Gasteiger partial charge in [0.15, 0.2) is 0 Å². The Balaban J connectivity index is 2.02. The summed E-state index contributed by atoms with van der Waals surface area (Å²) in [6.07, 6.45) is 2.08. The van der Waals surface area contributed by atoms with Gasteiger partial charge in [0.05, 0.1) is 5.92 Å². The zero-order chi connectivity index (χ0) is 16.1. The highest BCUT2D eigenvalue weighted by Crippen LogP contribution is 2.17. The molecule has 1 unspecified atom stereocenters. The number of piperidine rings is 1. The summed E-state index contributed by atoms with van der Waals surface area (Å²) in [7, 11) is 0. The number of azo groups is 1. The number of carboxylic acid groups (broad SMARTS) is 1. The average molecular weight is 309 g/mol. The lowest BCUT2D eigenvalue weighted by Gasteiger charge is -2.27. The molecule has 9 heteroatoms. The van der Waals surface area contributed by atoms with E-state index in [9.17, 15) is 14.4 Å². The van der Waals surface area contributed by atoms with Crippen molar-refractivity contribution in [2.45, 2.75) is 25.3 Å². The summed E-state index contributed by atoms with van der Waals surface area (Å²) in [5.74, 6) is -1.59. The van der Waals surface area contributed by atoms with Gasteiger partial charge in [0, 0.05) is 19.1 Å². The van der Waals surface area contributed by atoms with Crippen molar-refractivity contribution >= 4 is 17.9 Å². The quantitative estimate of drug-likeness (QED) is 0.618. The summed E-state index contributed by atoms with van der Waals surface area (Å²) in [6.45, 7) is 1.40. The van der Waals surface area contributed by atoms with Crippen molar-refractivity contribution in [1.82, 2.24) is 10.2 Å². The van der Waals surface area contributed by atoms with Gasteiger partial charge in [-0.2, -0.15) is 0 Å². The van der Waals surface area contributed by atoms with Crippen LogP contribution in [0.3, 0.4) is 0 Å². The Morgan fingerprint density at radius 2 is 2.14 bits per heavy atom. The van der Waals surface area contributed by atoms with Crippen LogP contribution in [0.2, 0.25) is 0 Å². The molecule has 0 spiro atoms. The highest BCUT2D eigenvalue weighted by Gasteiger charge is 2.29. The number of carbonyl (C=O) groups is 3. The molecule has 2 rings (SSSR count). The monoisotopic (exact) mass is 309 g/mol. The maximum atomic E-state index is 12.0. The lowest BCUT2D eigenvalue weighted by Crippen LogP contribution is -2.44. The lowest BCUT2D eigenvalue weighted by atomic mass is 9.99. The van der Waals surface area contributed by atoms with Gasteiger partial charge in [-0.05, 0) is 25.8 Å². The summed E-state index contributed by atoms with van der Waals surface area (Å²) in [6, 6.07) is -0.362. The van der Waals surface area contributed by atoms with E-state index in [1.165, 1.54) is 6.08 Å². The molecule has 22 heavy (non-hydrogen) atoms. The van der Waals surface area contributed by atoms with Gasteiger partial charge in [-0.25, -0.2) is 4.79 Å². The van der Waals surface area contributed by atoms with Crippen molar-refractivity contribution in [1.29, 1.82) is 0 Å². The molecule has 4 N–H and O–H groups in total. The van der Waals surface area contributed by atoms with Gasteiger partial charge in [-0.3, -0.25) is 14.5 Å². The van der Waals surface area contributed by atoms with Gasteiger partial charge < -0.3 is 16.2 Å². The Morgan fingerprint density at radius 3 is 2.77 bits per heavy atom. The van der Waals surface area contributed by atoms with Crippen LogP contribution in [0.5, 0.6) is 0 Å². The van der Waals surface area contributed by atoms with Crippen molar-refractivity contribution in [3.8, 4) is 0 Å². The molecular formula is C13H19N5O4. The van der Waals surface area contributed by atoms with E-state index in [2.05, 4.69) is 15.5 Å². The largest absolute Gasteiger partial charge is 0.465 e. The summed E-state index contributed by atoms with van der Waals surface area (Å²) in [4.78, 5) is 35.8. The molecule has 0 saturated carbocycles. The molecule has 2 heterocycles. The van der Waals surface area contributed by atoms with E-state index >= 15 is 0 Å². The number of amides is 3. The fourth-order valence-electron chi connectivity index (χ4n) is 2.45. The van der Waals surface area contributed by atoms with Crippen LogP contribution in [0, 0.1) is 5.92 Å². The third-order valence-corrected chi connectivity index (χ3v) is 3.66. The first-order valence-corrected chi connectivity index (χ1v) is 7.16. The number of hydrogen-bond donors (Lipinski definition) is 3. The molecule has 0 bridgehead atoms. The Bertz CT molecular complexity index is 525. The standard InChI is InChI=1S/C13H19N5O4/c14-9-3-4-10(18(7-9)13(21)22)12(20)17-16-11(19)8-2-1-5-15-6-8/h4,8-9,15H,1-3,5-7,14H2,(H,21,22)/t8-,9?/m1/s1. The van der Waals surface area contributed by atoms with Crippen LogP contribution in [0.25, 0.3) is 0 Å². The van der Waals surface area contributed by atoms with E-state index in [1.54, 1.807) is 0 Å². The first-order valence-electron chi connectivity index (χ1n) is 7.16. The third kappa shape index (κ3) is 3.95. The summed E-state index contributed by atoms with van der Waals surface area (Å²) < 4.78 is 0. The van der Waals surface area contributed by atoms with Crippen LogP contribution in [0.1, 0.15) is 19.3 Å². The van der Waals surface area contributed by atoms with Gasteiger partial charge in [-0.1, -0.05) is 6.08 Å². The second-order valence-corrected chi connectivity index (χ2v) is 5.36. The molecular weight excluding hydrogens is 290 g/mol. The first kappa shape index (κ1) is 16.2. The molecule has 0 aromatic carbocycles. The predicted molar refractivity (Wildman–Crippen MR) is 75.9 cm³/mol. The Hall–Kier alpha value is -2.13. The SMILES string of the molecule is NC1CC=C(C(=O)N=NC(=O)[C@@H]2CCCNC2)N(C(=O)O)C1. The van der Waals surface area contributed by atoms with Crippen LogP contribution in [0.4, 0.5) is 4.79 Å². The maximum absolute atomic E-state index is 12.0. The van der Waals surface area contributed by atoms with Gasteiger partial charge in [0.2, 0.25) is 0 Å². The predicted octanol–water partition coefficient (Wildman–Crippen LogP) is 0.0863. The topological polar surface area (TPSA) is 137 Å². The van der Waals surface area contributed by atoms with E-state index in [1.807, 2.05) is 0 Å². The minimum atomic E-state index is -1.28. The zero-order valence-electron chi connectivity index (χ0n) is 12.1. The third-order valence-electron chi connectivity index (χ3n) is 3.66. The van der Waals surface area contributed by atoms with E-state index in [4.69, 9.17) is 10.8 Å². The van der Waals surface area contributed by atoms with E-state index in [0.29, 0.717) is 19.4 Å². The molecule has 3 amide bonds. The van der Waals surface area contributed by atoms with Gasteiger partial charge >= 0.3 is 12.0 Å². The fraction of sp³-hybridized carbons (Fsp3) is 0.615. The summed E-state index contributed by atoms with van der Waals surface area (Å²) >= 11 is 0. The Labute approximate surface area is 127 Å². The normalized spacial score (nSPS) is 25.9. The van der Waals surface area contributed by atoms with Crippen LogP contribution in [-0.2, 0) is 9.59 Å². The van der Waals surface area contributed by atoms with E-state index < -0.39 is 17.9 Å². The van der Waals surface area contributed by atoms with Gasteiger partial charge in [-0.15, -0.1) is 10.2 Å². The Morgan fingerprint density at radius 1 is 1.36 bits per heavy atom. The lowest BCUT2D eigenvalue weighted by molar-refractivity contribution is -0.124. The molecule has 1 saturated heterocycles. The van der Waals surface area contributed by atoms with Crippen LogP contribution in [-0.4, -0.2) is 53.6 Å². The molecule has 0 aromatic rings. The average Bonchev–Trinajstić information content (AvgIpc) is 2.53. The maximum Gasteiger partial charge on any atom is 0.412 e. The Kier molecular flexibility index (Phi) is 5.34. The minimum Gasteiger partial charge on any atom is -0.465 e. The molecule has 2 aliphatic heterocycles. The number of nitrogens with one attached hydrogen (secondary N) is 1. The highest BCUT2D eigenvalue weighted by molar-refractivity contribution is 5.97. The van der Waals surface area contributed by atoms with Crippen LogP contribution in [0.15, 0.2) is 22.0 Å². The second-order valence-electron chi connectivity index (χ2n) is 5.36. The smallest absolute Gasteiger partial charge is 0.412 e. The molecule has 9 nitrogen and oxygen atoms in total. The van der Waals surface area contributed by atoms with Crippen LogP contribution >= 0.6 is 0 Å². The van der Waals surface area contributed by atoms with Crippen molar-refractivity contribution < 1.29 is 19.5 Å². The number of nitrogens with two attached hydrogens (primary N) is 1. The minimum absolute atomic E-state index is 0.0168.